The summed E-state index contributed by atoms with van der Waals surface area (Å²) in [4.78, 5) is 12.8. The van der Waals surface area contributed by atoms with Gasteiger partial charge in [0.25, 0.3) is 0 Å². The van der Waals surface area contributed by atoms with Gasteiger partial charge in [0.05, 0.1) is 6.54 Å². The zero-order chi connectivity index (χ0) is 7.56. The number of nitrogens with one attached hydrogen (secondary N) is 1. The Morgan fingerprint density at radius 3 is 3.10 bits per heavy atom. The maximum atomic E-state index is 11.0. The minimum Gasteiger partial charge on any atom is -0.344 e. The lowest BCUT2D eigenvalue weighted by molar-refractivity contribution is -0.128. The van der Waals surface area contributed by atoms with Gasteiger partial charge in [0, 0.05) is 13.6 Å². The highest BCUT2D eigenvalue weighted by Crippen LogP contribution is 1.99. The van der Waals surface area contributed by atoms with E-state index in [0.717, 1.165) is 13.1 Å². The number of hydrogen-bond acceptors (Lipinski definition) is 2. The van der Waals surface area contributed by atoms with Gasteiger partial charge in [-0.1, -0.05) is 6.92 Å². The van der Waals surface area contributed by atoms with Gasteiger partial charge in [-0.15, -0.1) is 0 Å². The molecule has 0 aliphatic carbocycles. The van der Waals surface area contributed by atoms with E-state index in [-0.39, 0.29) is 5.91 Å². The van der Waals surface area contributed by atoms with Gasteiger partial charge < -0.3 is 10.2 Å². The summed E-state index contributed by atoms with van der Waals surface area (Å²) >= 11 is 0. The van der Waals surface area contributed by atoms with Crippen LogP contribution >= 0.6 is 0 Å². The van der Waals surface area contributed by atoms with Gasteiger partial charge in [-0.05, 0) is 12.5 Å². The van der Waals surface area contributed by atoms with E-state index in [1.807, 2.05) is 7.05 Å². The predicted molar refractivity (Wildman–Crippen MR) is 39.7 cm³/mol. The van der Waals surface area contributed by atoms with Crippen LogP contribution < -0.4 is 5.32 Å². The second-order valence-electron chi connectivity index (χ2n) is 3.01. The lowest BCUT2D eigenvalue weighted by Crippen LogP contribution is -2.31. The van der Waals surface area contributed by atoms with Crippen LogP contribution in [0.1, 0.15) is 6.92 Å². The van der Waals surface area contributed by atoms with Crippen LogP contribution in [0.4, 0.5) is 0 Å². The van der Waals surface area contributed by atoms with Crippen molar-refractivity contribution >= 4 is 5.91 Å². The molecule has 3 heteroatoms. The first kappa shape index (κ1) is 7.54. The number of rotatable bonds is 0. The highest BCUT2D eigenvalue weighted by Gasteiger charge is 2.15. The molecular formula is C7H14N2O. The molecule has 0 aromatic heterocycles. The number of carbonyl (C=O) groups excluding carboxylic acids is 1. The van der Waals surface area contributed by atoms with Crippen molar-refractivity contribution in [1.29, 1.82) is 0 Å². The molecular weight excluding hydrogens is 128 g/mol. The van der Waals surface area contributed by atoms with Crippen LogP contribution in [0.5, 0.6) is 0 Å². The van der Waals surface area contributed by atoms with Crippen molar-refractivity contribution in [2.45, 2.75) is 6.92 Å². The van der Waals surface area contributed by atoms with Crippen LogP contribution in [0.25, 0.3) is 0 Å². The Kier molecular flexibility index (Phi) is 2.27. The molecule has 0 radical (unpaired) electrons. The van der Waals surface area contributed by atoms with Gasteiger partial charge in [0.15, 0.2) is 0 Å². The summed E-state index contributed by atoms with van der Waals surface area (Å²) in [5.74, 6) is 0.779. The Morgan fingerprint density at radius 2 is 2.40 bits per heavy atom. The third-order valence-corrected chi connectivity index (χ3v) is 1.78. The maximum Gasteiger partial charge on any atom is 0.236 e. The van der Waals surface area contributed by atoms with Gasteiger partial charge in [-0.3, -0.25) is 4.79 Å². The van der Waals surface area contributed by atoms with Gasteiger partial charge in [-0.2, -0.15) is 0 Å². The molecule has 1 amide bonds. The van der Waals surface area contributed by atoms with Crippen molar-refractivity contribution < 1.29 is 4.79 Å². The molecule has 10 heavy (non-hydrogen) atoms. The molecule has 0 aromatic carbocycles. The number of likely N-dealkylation sites (N-methyl/N-ethyl adjacent to an activating group) is 1. The molecule has 1 aliphatic heterocycles. The molecule has 1 aliphatic rings. The van der Waals surface area contributed by atoms with Crippen LogP contribution in [0, 0.1) is 5.92 Å². The van der Waals surface area contributed by atoms with Crippen molar-refractivity contribution in [3.63, 3.8) is 0 Å². The predicted octanol–water partition coefficient (Wildman–Crippen LogP) is -0.316. The van der Waals surface area contributed by atoms with E-state index in [4.69, 9.17) is 0 Å². The van der Waals surface area contributed by atoms with E-state index < -0.39 is 0 Å². The summed E-state index contributed by atoms with van der Waals surface area (Å²) in [5, 5.41) is 3.09. The van der Waals surface area contributed by atoms with E-state index >= 15 is 0 Å². The molecule has 1 heterocycles. The summed E-state index contributed by atoms with van der Waals surface area (Å²) in [6, 6.07) is 0. The second kappa shape index (κ2) is 3.01. The van der Waals surface area contributed by atoms with Crippen molar-refractivity contribution in [3.05, 3.63) is 0 Å². The molecule has 1 fully saturated rings. The normalized spacial score (nSPS) is 28.4. The molecule has 0 aromatic rings. The SMILES string of the molecule is C[C@@H]1CNCC(=O)N(C)C1. The lowest BCUT2D eigenvalue weighted by atomic mass is 10.2. The smallest absolute Gasteiger partial charge is 0.236 e. The van der Waals surface area contributed by atoms with Crippen molar-refractivity contribution in [3.8, 4) is 0 Å². The molecule has 0 spiro atoms. The Labute approximate surface area is 61.4 Å². The maximum absolute atomic E-state index is 11.0. The first-order valence-electron chi connectivity index (χ1n) is 3.65. The Hall–Kier alpha value is -0.570. The number of carbonyl (C=O) groups is 1. The highest BCUT2D eigenvalue weighted by atomic mass is 16.2. The van der Waals surface area contributed by atoms with Gasteiger partial charge in [0.1, 0.15) is 0 Å². The van der Waals surface area contributed by atoms with Crippen LogP contribution in [-0.2, 0) is 4.79 Å². The van der Waals surface area contributed by atoms with E-state index in [1.54, 1.807) is 4.90 Å². The zero-order valence-corrected chi connectivity index (χ0v) is 6.55. The lowest BCUT2D eigenvalue weighted by Gasteiger charge is -2.15. The van der Waals surface area contributed by atoms with E-state index in [0.29, 0.717) is 12.5 Å². The topological polar surface area (TPSA) is 32.3 Å². The Bertz CT molecular complexity index is 136. The summed E-state index contributed by atoms with van der Waals surface area (Å²) in [6.07, 6.45) is 0. The Balaban J connectivity index is 2.49. The quantitative estimate of drug-likeness (QED) is 0.503. The summed E-state index contributed by atoms with van der Waals surface area (Å²) < 4.78 is 0. The van der Waals surface area contributed by atoms with Gasteiger partial charge in [0.2, 0.25) is 5.91 Å². The van der Waals surface area contributed by atoms with Crippen molar-refractivity contribution in [2.75, 3.05) is 26.7 Å². The van der Waals surface area contributed by atoms with Crippen LogP contribution in [0.3, 0.4) is 0 Å². The first-order chi connectivity index (χ1) is 4.70. The highest BCUT2D eigenvalue weighted by molar-refractivity contribution is 5.78. The fraction of sp³-hybridized carbons (Fsp3) is 0.857. The molecule has 3 nitrogen and oxygen atoms in total. The van der Waals surface area contributed by atoms with Crippen molar-refractivity contribution in [2.24, 2.45) is 5.92 Å². The molecule has 0 saturated carbocycles. The average Bonchev–Trinajstić information content (AvgIpc) is 1.96. The summed E-state index contributed by atoms with van der Waals surface area (Å²) in [7, 11) is 1.85. The number of amides is 1. The molecule has 58 valence electrons. The minimum atomic E-state index is 0.198. The largest absolute Gasteiger partial charge is 0.344 e. The molecule has 0 unspecified atom stereocenters. The third kappa shape index (κ3) is 1.70. The standard InChI is InChI=1S/C7H14N2O/c1-6-3-8-4-7(10)9(2)5-6/h6,8H,3-5H2,1-2H3/t6-/m1/s1. The molecule has 1 rings (SSSR count). The van der Waals surface area contributed by atoms with Crippen LogP contribution in [0.15, 0.2) is 0 Å². The minimum absolute atomic E-state index is 0.198. The van der Waals surface area contributed by atoms with Gasteiger partial charge in [-0.25, -0.2) is 0 Å². The zero-order valence-electron chi connectivity index (χ0n) is 6.55. The molecule has 1 saturated heterocycles. The van der Waals surface area contributed by atoms with Crippen LogP contribution in [-0.4, -0.2) is 37.5 Å². The van der Waals surface area contributed by atoms with E-state index in [9.17, 15) is 4.79 Å². The number of nitrogens with zero attached hydrogens (tertiary/aromatic N) is 1. The molecule has 0 bridgehead atoms. The average molecular weight is 142 g/mol. The van der Waals surface area contributed by atoms with Crippen LogP contribution in [0.2, 0.25) is 0 Å². The molecule has 1 N–H and O–H groups in total. The fourth-order valence-corrected chi connectivity index (χ4v) is 1.19. The Morgan fingerprint density at radius 1 is 1.70 bits per heavy atom. The summed E-state index contributed by atoms with van der Waals surface area (Å²) in [5.41, 5.74) is 0. The van der Waals surface area contributed by atoms with E-state index in [2.05, 4.69) is 12.2 Å². The van der Waals surface area contributed by atoms with Gasteiger partial charge >= 0.3 is 0 Å². The molecule has 1 atom stereocenters. The fourth-order valence-electron chi connectivity index (χ4n) is 1.19. The third-order valence-electron chi connectivity index (χ3n) is 1.78. The van der Waals surface area contributed by atoms with E-state index in [1.165, 1.54) is 0 Å². The first-order valence-corrected chi connectivity index (χ1v) is 3.65. The number of hydrogen-bond donors (Lipinski definition) is 1. The monoisotopic (exact) mass is 142 g/mol. The summed E-state index contributed by atoms with van der Waals surface area (Å²) in [6.45, 7) is 4.48. The van der Waals surface area contributed by atoms with Crippen molar-refractivity contribution in [1.82, 2.24) is 10.2 Å². The second-order valence-corrected chi connectivity index (χ2v) is 3.01.